The second-order valence-corrected chi connectivity index (χ2v) is 8.64. The van der Waals surface area contributed by atoms with Gasteiger partial charge in [0.2, 0.25) is 0 Å². The van der Waals surface area contributed by atoms with Gasteiger partial charge < -0.3 is 0 Å². The minimum Gasteiger partial charge on any atom is -0.288 e. The summed E-state index contributed by atoms with van der Waals surface area (Å²) in [6.45, 7) is 1.54. The number of hydrogen-bond acceptors (Lipinski definition) is 2. The molecule has 0 aliphatic carbocycles. The molecule has 0 spiro atoms. The number of benzene rings is 5. The Morgan fingerprint density at radius 1 is 0.531 bits per heavy atom. The smallest absolute Gasteiger partial charge is 0.0646 e. The summed E-state index contributed by atoms with van der Waals surface area (Å²) < 4.78 is 0. The van der Waals surface area contributed by atoms with Crippen LogP contribution in [0, 0.1) is 0 Å². The van der Waals surface area contributed by atoms with E-state index < -0.39 is 0 Å². The van der Waals surface area contributed by atoms with E-state index in [1.165, 1.54) is 66.1 Å². The second-order valence-electron chi connectivity index (χ2n) is 8.64. The summed E-state index contributed by atoms with van der Waals surface area (Å²) in [5.74, 6) is 0. The number of aliphatic imine (C=N–C) groups is 2. The molecule has 0 radical (unpaired) electrons. The minimum absolute atomic E-state index is 0.766. The van der Waals surface area contributed by atoms with Crippen LogP contribution in [0.25, 0.3) is 43.8 Å². The first-order valence-electron chi connectivity index (χ1n) is 11.1. The molecule has 2 heterocycles. The topological polar surface area (TPSA) is 24.7 Å². The Kier molecular flexibility index (Phi) is 3.71. The molecule has 5 aromatic carbocycles. The molecule has 0 fully saturated rings. The van der Waals surface area contributed by atoms with Gasteiger partial charge in [-0.3, -0.25) is 9.98 Å². The fraction of sp³-hybridized carbons (Fsp3) is 0.0667. The molecule has 0 N–H and O–H groups in total. The van der Waals surface area contributed by atoms with Crippen LogP contribution in [0.4, 0.5) is 0 Å². The van der Waals surface area contributed by atoms with Crippen molar-refractivity contribution in [1.82, 2.24) is 0 Å². The van der Waals surface area contributed by atoms with Crippen molar-refractivity contribution < 1.29 is 0 Å². The van der Waals surface area contributed by atoms with Gasteiger partial charge in [-0.2, -0.15) is 0 Å². The lowest BCUT2D eigenvalue weighted by Gasteiger charge is -2.17. The van der Waals surface area contributed by atoms with E-state index in [0.29, 0.717) is 0 Å². The van der Waals surface area contributed by atoms with Gasteiger partial charge >= 0.3 is 0 Å². The average Bonchev–Trinajstić information content (AvgIpc) is 2.85. The Balaban J connectivity index is 1.34. The fourth-order valence-corrected chi connectivity index (χ4v) is 5.26. The molecule has 32 heavy (non-hydrogen) atoms. The van der Waals surface area contributed by atoms with Crippen molar-refractivity contribution in [2.75, 3.05) is 0 Å². The lowest BCUT2D eigenvalue weighted by atomic mass is 9.89. The zero-order valence-corrected chi connectivity index (χ0v) is 17.5. The van der Waals surface area contributed by atoms with Crippen LogP contribution in [0.2, 0.25) is 0 Å². The van der Waals surface area contributed by atoms with E-state index in [9.17, 15) is 0 Å². The van der Waals surface area contributed by atoms with Crippen LogP contribution >= 0.6 is 0 Å². The SMILES string of the molecule is C1=NCc2cccc3cc(-c4ccc(-c5ccc6cccc7c6c5C=NC7)cc4)cc1c23. The fourth-order valence-electron chi connectivity index (χ4n) is 5.26. The van der Waals surface area contributed by atoms with Crippen LogP contribution in [-0.2, 0) is 13.1 Å². The molecule has 0 amide bonds. The summed E-state index contributed by atoms with van der Waals surface area (Å²) in [5.41, 5.74) is 9.98. The Bertz CT molecular complexity index is 1600. The molecule has 2 aliphatic heterocycles. The van der Waals surface area contributed by atoms with E-state index in [4.69, 9.17) is 0 Å². The Morgan fingerprint density at radius 3 is 2.09 bits per heavy atom. The van der Waals surface area contributed by atoms with Gasteiger partial charge in [0.1, 0.15) is 0 Å². The van der Waals surface area contributed by atoms with Gasteiger partial charge in [-0.05, 0) is 67.1 Å². The van der Waals surface area contributed by atoms with Gasteiger partial charge in [0.25, 0.3) is 0 Å². The monoisotopic (exact) mass is 408 g/mol. The van der Waals surface area contributed by atoms with E-state index in [1.807, 2.05) is 12.4 Å². The quantitative estimate of drug-likeness (QED) is 0.295. The van der Waals surface area contributed by atoms with E-state index in [1.54, 1.807) is 0 Å². The number of nitrogens with zero attached hydrogens (tertiary/aromatic N) is 2. The van der Waals surface area contributed by atoms with Crippen molar-refractivity contribution in [1.29, 1.82) is 0 Å². The molecular formula is C30H20N2. The van der Waals surface area contributed by atoms with Crippen molar-refractivity contribution in [2.45, 2.75) is 13.1 Å². The van der Waals surface area contributed by atoms with Crippen molar-refractivity contribution >= 4 is 34.0 Å². The first kappa shape index (κ1) is 17.6. The van der Waals surface area contributed by atoms with Gasteiger partial charge in [-0.25, -0.2) is 0 Å². The summed E-state index contributed by atoms with van der Waals surface area (Å²) in [7, 11) is 0. The Hall–Kier alpha value is -4.04. The summed E-state index contributed by atoms with van der Waals surface area (Å²) in [5, 5.41) is 5.25. The van der Waals surface area contributed by atoms with Gasteiger partial charge in [-0.1, -0.05) is 72.8 Å². The lowest BCUT2D eigenvalue weighted by molar-refractivity contribution is 1.08. The van der Waals surface area contributed by atoms with Gasteiger partial charge in [-0.15, -0.1) is 0 Å². The van der Waals surface area contributed by atoms with Crippen molar-refractivity contribution in [3.8, 4) is 22.3 Å². The largest absolute Gasteiger partial charge is 0.288 e. The van der Waals surface area contributed by atoms with Crippen molar-refractivity contribution in [3.63, 3.8) is 0 Å². The molecule has 150 valence electrons. The zero-order chi connectivity index (χ0) is 21.1. The molecular weight excluding hydrogens is 388 g/mol. The summed E-state index contributed by atoms with van der Waals surface area (Å²) in [6, 6.07) is 31.0. The van der Waals surface area contributed by atoms with Crippen molar-refractivity contribution in [2.24, 2.45) is 9.98 Å². The summed E-state index contributed by atoms with van der Waals surface area (Å²) >= 11 is 0. The average molecular weight is 409 g/mol. The standard InChI is InChI=1S/C30H20N2/c1-3-21-11-12-27(28-18-32-16-24(6-1)30(21)28)20-9-7-19(8-10-20)25-13-22-4-2-5-23-15-31-17-26(14-25)29(22)23/h1-14,17-18H,15-16H2. The van der Waals surface area contributed by atoms with Crippen LogP contribution in [0.5, 0.6) is 0 Å². The summed E-state index contributed by atoms with van der Waals surface area (Å²) in [6.07, 6.45) is 4.06. The predicted molar refractivity (Wildman–Crippen MR) is 135 cm³/mol. The molecule has 0 aromatic heterocycles. The van der Waals surface area contributed by atoms with E-state index >= 15 is 0 Å². The molecule has 0 saturated heterocycles. The van der Waals surface area contributed by atoms with Crippen molar-refractivity contribution in [3.05, 3.63) is 107 Å². The molecule has 2 aliphatic rings. The zero-order valence-electron chi connectivity index (χ0n) is 17.5. The highest BCUT2D eigenvalue weighted by Gasteiger charge is 2.15. The Morgan fingerprint density at radius 2 is 1.25 bits per heavy atom. The molecule has 0 unspecified atom stereocenters. The molecule has 7 rings (SSSR count). The van der Waals surface area contributed by atoms with Crippen LogP contribution in [-0.4, -0.2) is 12.4 Å². The number of hydrogen-bond donors (Lipinski definition) is 0. The molecule has 5 aromatic rings. The Labute approximate surface area is 186 Å². The summed E-state index contributed by atoms with van der Waals surface area (Å²) in [4.78, 5) is 9.17. The van der Waals surface area contributed by atoms with Crippen LogP contribution in [0.3, 0.4) is 0 Å². The van der Waals surface area contributed by atoms with Crippen LogP contribution in [0.15, 0.2) is 94.9 Å². The molecule has 0 atom stereocenters. The highest BCUT2D eigenvalue weighted by molar-refractivity contribution is 6.09. The van der Waals surface area contributed by atoms with Crippen LogP contribution < -0.4 is 0 Å². The van der Waals surface area contributed by atoms with Gasteiger partial charge in [0.15, 0.2) is 0 Å². The molecule has 2 nitrogen and oxygen atoms in total. The third-order valence-electron chi connectivity index (χ3n) is 6.77. The van der Waals surface area contributed by atoms with E-state index in [-0.39, 0.29) is 0 Å². The van der Waals surface area contributed by atoms with Gasteiger partial charge in [0.05, 0.1) is 13.1 Å². The van der Waals surface area contributed by atoms with Crippen LogP contribution in [0.1, 0.15) is 22.3 Å². The maximum atomic E-state index is 4.62. The first-order valence-corrected chi connectivity index (χ1v) is 11.1. The van der Waals surface area contributed by atoms with E-state index in [0.717, 1.165) is 13.1 Å². The third-order valence-corrected chi connectivity index (χ3v) is 6.77. The first-order chi connectivity index (χ1) is 15.8. The van der Waals surface area contributed by atoms with Gasteiger partial charge in [0, 0.05) is 23.6 Å². The molecule has 0 bridgehead atoms. The number of rotatable bonds is 2. The lowest BCUT2D eigenvalue weighted by Crippen LogP contribution is -1.99. The highest BCUT2D eigenvalue weighted by atomic mass is 14.7. The normalized spacial score (nSPS) is 13.8. The maximum Gasteiger partial charge on any atom is 0.0646 e. The maximum absolute atomic E-state index is 4.62. The molecule has 0 saturated carbocycles. The second kappa shape index (κ2) is 6.73. The minimum atomic E-state index is 0.766. The van der Waals surface area contributed by atoms with E-state index in [2.05, 4.69) is 94.9 Å². The highest BCUT2D eigenvalue weighted by Crippen LogP contribution is 2.36. The predicted octanol–water partition coefficient (Wildman–Crippen LogP) is 7.19. The molecule has 2 heteroatoms. The third kappa shape index (κ3) is 2.59.